The molecule has 1 aliphatic heterocycles. The van der Waals surface area contributed by atoms with Gasteiger partial charge < -0.3 is 5.73 Å². The molecule has 0 spiro atoms. The maximum atomic E-state index is 6.15. The molecule has 88 valence electrons. The van der Waals surface area contributed by atoms with Gasteiger partial charge in [-0.25, -0.2) is 0 Å². The highest BCUT2D eigenvalue weighted by Gasteiger charge is 2.42. The van der Waals surface area contributed by atoms with Crippen LogP contribution in [0.5, 0.6) is 0 Å². The zero-order valence-electron chi connectivity index (χ0n) is 9.40. The molecule has 2 saturated carbocycles. The Morgan fingerprint density at radius 1 is 0.933 bits per heavy atom. The van der Waals surface area contributed by atoms with Crippen LogP contribution in [0.2, 0.25) is 0 Å². The van der Waals surface area contributed by atoms with Crippen LogP contribution in [0.1, 0.15) is 38.5 Å². The van der Waals surface area contributed by atoms with Crippen molar-refractivity contribution in [2.24, 2.45) is 17.6 Å². The zero-order chi connectivity index (χ0) is 9.54. The standard InChI is InChI=1S/C12H22N2.ClH/c13-12-6-5-9-7-14(8-11(9)12)10-3-1-2-4-10;/h9-12H,1-8,13H2;1H/t9-,11+,12?;/m0./s1. The van der Waals surface area contributed by atoms with E-state index in [0.717, 1.165) is 17.9 Å². The predicted molar refractivity (Wildman–Crippen MR) is 65.3 cm³/mol. The van der Waals surface area contributed by atoms with Crippen molar-refractivity contribution in [2.45, 2.75) is 50.6 Å². The molecular formula is C12H23ClN2. The second-order valence-corrected chi connectivity index (χ2v) is 5.56. The van der Waals surface area contributed by atoms with Gasteiger partial charge in [0, 0.05) is 25.2 Å². The Morgan fingerprint density at radius 3 is 2.33 bits per heavy atom. The summed E-state index contributed by atoms with van der Waals surface area (Å²) in [6.45, 7) is 2.68. The van der Waals surface area contributed by atoms with Gasteiger partial charge in [-0.1, -0.05) is 12.8 Å². The lowest BCUT2D eigenvalue weighted by Gasteiger charge is -2.24. The molecule has 2 aliphatic carbocycles. The smallest absolute Gasteiger partial charge is 0.00955 e. The topological polar surface area (TPSA) is 29.3 Å². The van der Waals surface area contributed by atoms with Crippen molar-refractivity contribution >= 4 is 12.4 Å². The Kier molecular flexibility index (Phi) is 3.59. The number of nitrogens with two attached hydrogens (primary N) is 1. The van der Waals surface area contributed by atoms with Crippen molar-refractivity contribution in [2.75, 3.05) is 13.1 Å². The van der Waals surface area contributed by atoms with E-state index in [1.807, 2.05) is 0 Å². The van der Waals surface area contributed by atoms with Gasteiger partial charge in [0.05, 0.1) is 0 Å². The molecule has 3 aliphatic rings. The summed E-state index contributed by atoms with van der Waals surface area (Å²) in [6.07, 6.45) is 8.51. The molecule has 2 N–H and O–H groups in total. The minimum Gasteiger partial charge on any atom is -0.327 e. The highest BCUT2D eigenvalue weighted by atomic mass is 35.5. The number of fused-ring (bicyclic) bond motifs is 1. The van der Waals surface area contributed by atoms with Crippen molar-refractivity contribution in [3.8, 4) is 0 Å². The van der Waals surface area contributed by atoms with Crippen LogP contribution >= 0.6 is 12.4 Å². The Hall–Kier alpha value is 0.210. The monoisotopic (exact) mass is 230 g/mol. The van der Waals surface area contributed by atoms with Gasteiger partial charge in [0.1, 0.15) is 0 Å². The van der Waals surface area contributed by atoms with Crippen LogP contribution in [0.25, 0.3) is 0 Å². The largest absolute Gasteiger partial charge is 0.327 e. The molecule has 0 bridgehead atoms. The van der Waals surface area contributed by atoms with E-state index in [9.17, 15) is 0 Å². The molecule has 1 unspecified atom stereocenters. The Labute approximate surface area is 99.0 Å². The molecule has 2 nitrogen and oxygen atoms in total. The third kappa shape index (κ3) is 2.04. The van der Waals surface area contributed by atoms with Gasteiger partial charge in [0.15, 0.2) is 0 Å². The van der Waals surface area contributed by atoms with Crippen molar-refractivity contribution in [3.05, 3.63) is 0 Å². The highest BCUT2D eigenvalue weighted by Crippen LogP contribution is 2.39. The molecule has 0 aromatic heterocycles. The van der Waals surface area contributed by atoms with Gasteiger partial charge in [-0.3, -0.25) is 4.90 Å². The first-order chi connectivity index (χ1) is 6.84. The molecule has 0 radical (unpaired) electrons. The molecule has 3 fully saturated rings. The van der Waals surface area contributed by atoms with Gasteiger partial charge in [0.25, 0.3) is 0 Å². The predicted octanol–water partition coefficient (Wildman–Crippen LogP) is 2.02. The van der Waals surface area contributed by atoms with Crippen LogP contribution in [-0.2, 0) is 0 Å². The molecule has 3 atom stereocenters. The van der Waals surface area contributed by atoms with Crippen LogP contribution in [0.3, 0.4) is 0 Å². The molecule has 1 saturated heterocycles. The first kappa shape index (κ1) is 11.7. The average molecular weight is 231 g/mol. The van der Waals surface area contributed by atoms with E-state index in [2.05, 4.69) is 4.90 Å². The van der Waals surface area contributed by atoms with Crippen LogP contribution in [0, 0.1) is 11.8 Å². The number of halogens is 1. The minimum atomic E-state index is 0. The van der Waals surface area contributed by atoms with Crippen LogP contribution in [0.15, 0.2) is 0 Å². The molecule has 0 aromatic rings. The van der Waals surface area contributed by atoms with Crippen molar-refractivity contribution < 1.29 is 0 Å². The molecule has 0 aromatic carbocycles. The van der Waals surface area contributed by atoms with Crippen LogP contribution in [0.4, 0.5) is 0 Å². The fourth-order valence-corrected chi connectivity index (χ4v) is 3.91. The van der Waals surface area contributed by atoms with E-state index in [4.69, 9.17) is 5.73 Å². The molecule has 3 rings (SSSR count). The van der Waals surface area contributed by atoms with E-state index in [0.29, 0.717) is 6.04 Å². The van der Waals surface area contributed by atoms with Crippen molar-refractivity contribution in [3.63, 3.8) is 0 Å². The van der Waals surface area contributed by atoms with Crippen molar-refractivity contribution in [1.82, 2.24) is 4.90 Å². The summed E-state index contributed by atoms with van der Waals surface area (Å²) in [7, 11) is 0. The lowest BCUT2D eigenvalue weighted by molar-refractivity contribution is 0.225. The van der Waals surface area contributed by atoms with E-state index in [1.165, 1.54) is 51.6 Å². The summed E-state index contributed by atoms with van der Waals surface area (Å²) in [5.41, 5.74) is 6.15. The first-order valence-electron chi connectivity index (χ1n) is 6.34. The highest BCUT2D eigenvalue weighted by molar-refractivity contribution is 5.85. The normalized spacial score (nSPS) is 41.8. The third-order valence-electron chi connectivity index (χ3n) is 4.78. The molecule has 0 amide bonds. The summed E-state index contributed by atoms with van der Waals surface area (Å²) in [5.74, 6) is 1.79. The number of hydrogen-bond acceptors (Lipinski definition) is 2. The lowest BCUT2D eigenvalue weighted by atomic mass is 9.98. The Bertz CT molecular complexity index is 216. The second kappa shape index (κ2) is 4.60. The Morgan fingerprint density at radius 2 is 1.67 bits per heavy atom. The first-order valence-corrected chi connectivity index (χ1v) is 6.34. The summed E-state index contributed by atoms with van der Waals surface area (Å²) in [4.78, 5) is 2.75. The summed E-state index contributed by atoms with van der Waals surface area (Å²) in [6, 6.07) is 1.44. The molecule has 3 heteroatoms. The third-order valence-corrected chi connectivity index (χ3v) is 4.78. The Balaban J connectivity index is 0.000000853. The number of nitrogens with zero attached hydrogens (tertiary/aromatic N) is 1. The SMILES string of the molecule is Cl.NC1CC[C@H]2CN(C3CCCC3)C[C@@H]12. The van der Waals surface area contributed by atoms with Gasteiger partial charge in [-0.2, -0.15) is 0 Å². The summed E-state index contributed by atoms with van der Waals surface area (Å²) < 4.78 is 0. The molecular weight excluding hydrogens is 208 g/mol. The maximum absolute atomic E-state index is 6.15. The average Bonchev–Trinajstić information content (AvgIpc) is 2.83. The molecule has 15 heavy (non-hydrogen) atoms. The van der Waals surface area contributed by atoms with Crippen LogP contribution < -0.4 is 5.73 Å². The quantitative estimate of drug-likeness (QED) is 0.747. The number of rotatable bonds is 1. The minimum absolute atomic E-state index is 0. The second-order valence-electron chi connectivity index (χ2n) is 5.56. The van der Waals surface area contributed by atoms with E-state index in [-0.39, 0.29) is 12.4 Å². The lowest BCUT2D eigenvalue weighted by Crippen LogP contribution is -2.34. The van der Waals surface area contributed by atoms with Gasteiger partial charge in [-0.15, -0.1) is 12.4 Å². The summed E-state index contributed by atoms with van der Waals surface area (Å²) >= 11 is 0. The van der Waals surface area contributed by atoms with E-state index in [1.54, 1.807) is 0 Å². The zero-order valence-corrected chi connectivity index (χ0v) is 10.2. The maximum Gasteiger partial charge on any atom is 0.00955 e. The fraction of sp³-hybridized carbons (Fsp3) is 1.00. The number of hydrogen-bond donors (Lipinski definition) is 1. The van der Waals surface area contributed by atoms with Gasteiger partial charge in [0.2, 0.25) is 0 Å². The van der Waals surface area contributed by atoms with Gasteiger partial charge >= 0.3 is 0 Å². The van der Waals surface area contributed by atoms with E-state index >= 15 is 0 Å². The fourth-order valence-electron chi connectivity index (χ4n) is 3.91. The van der Waals surface area contributed by atoms with E-state index < -0.39 is 0 Å². The van der Waals surface area contributed by atoms with Crippen molar-refractivity contribution in [1.29, 1.82) is 0 Å². The van der Waals surface area contributed by atoms with Gasteiger partial charge in [-0.05, 0) is 37.5 Å². The van der Waals surface area contributed by atoms with Crippen LogP contribution in [-0.4, -0.2) is 30.1 Å². The number of likely N-dealkylation sites (tertiary alicyclic amines) is 1. The summed E-state index contributed by atoms with van der Waals surface area (Å²) in [5, 5.41) is 0. The molecule has 1 heterocycles.